The molecule has 200 valence electrons. The number of aromatic amines is 1. The molecule has 7 nitrogen and oxygen atoms in total. The highest BCUT2D eigenvalue weighted by atomic mass is 14.9. The summed E-state index contributed by atoms with van der Waals surface area (Å²) in [5, 5.41) is 4.71. The van der Waals surface area contributed by atoms with E-state index in [9.17, 15) is 0 Å². The second kappa shape index (κ2) is 11.1. The summed E-state index contributed by atoms with van der Waals surface area (Å²) in [5.41, 5.74) is 10.2. The van der Waals surface area contributed by atoms with Gasteiger partial charge in [0, 0.05) is 55.0 Å². The smallest absolute Gasteiger partial charge is 0.138 e. The molecule has 7 rings (SSSR count). The van der Waals surface area contributed by atoms with E-state index in [1.165, 1.54) is 36.8 Å². The molecule has 1 saturated carbocycles. The maximum atomic E-state index is 5.20. The minimum absolute atomic E-state index is 0.769. The average molecular weight is 528 g/mol. The molecule has 0 bridgehead atoms. The summed E-state index contributed by atoms with van der Waals surface area (Å²) in [7, 11) is 0. The van der Waals surface area contributed by atoms with Crippen LogP contribution >= 0.6 is 0 Å². The van der Waals surface area contributed by atoms with Crippen LogP contribution in [0.15, 0.2) is 78.4 Å². The summed E-state index contributed by atoms with van der Waals surface area (Å²) in [6.07, 6.45) is 16.8. The number of nitrogens with zero attached hydrogens (tertiary/aromatic N) is 5. The molecule has 7 heteroatoms. The summed E-state index contributed by atoms with van der Waals surface area (Å²) in [5.74, 6) is 0.820. The van der Waals surface area contributed by atoms with Gasteiger partial charge in [0.15, 0.2) is 0 Å². The van der Waals surface area contributed by atoms with Gasteiger partial charge in [-0.25, -0.2) is 9.97 Å². The van der Waals surface area contributed by atoms with Gasteiger partial charge in [0.25, 0.3) is 0 Å². The Morgan fingerprint density at radius 3 is 2.67 bits per heavy atom. The number of nitrogens with one attached hydrogen (secondary N) is 2. The summed E-state index contributed by atoms with van der Waals surface area (Å²) >= 11 is 0. The summed E-state index contributed by atoms with van der Waals surface area (Å²) < 4.78 is 0. The molecule has 0 amide bonds. The van der Waals surface area contributed by atoms with Gasteiger partial charge in [0.1, 0.15) is 11.4 Å². The third kappa shape index (κ3) is 5.05. The first-order valence-corrected chi connectivity index (χ1v) is 14.4. The van der Waals surface area contributed by atoms with Crippen molar-refractivity contribution in [2.45, 2.75) is 45.1 Å². The SMILES string of the molecule is c1cc(-c2ccnc3[nH]c(C4=NCCCc5ccc(-c6cncc(CNCC7CCCC7)c6)nc54)cc23)ccn1. The lowest BCUT2D eigenvalue weighted by molar-refractivity contribution is 0.489. The van der Waals surface area contributed by atoms with E-state index >= 15 is 0 Å². The number of fused-ring (bicyclic) bond motifs is 2. The predicted molar refractivity (Wildman–Crippen MR) is 159 cm³/mol. The second-order valence-corrected chi connectivity index (χ2v) is 10.9. The van der Waals surface area contributed by atoms with Crippen LogP contribution in [-0.2, 0) is 13.0 Å². The van der Waals surface area contributed by atoms with Gasteiger partial charge in [-0.3, -0.25) is 15.0 Å². The Morgan fingerprint density at radius 2 is 1.77 bits per heavy atom. The fourth-order valence-corrected chi connectivity index (χ4v) is 6.10. The van der Waals surface area contributed by atoms with Crippen molar-refractivity contribution in [3.8, 4) is 22.4 Å². The number of pyridine rings is 4. The van der Waals surface area contributed by atoms with Crippen molar-refractivity contribution in [2.75, 3.05) is 13.1 Å². The molecule has 0 saturated heterocycles. The van der Waals surface area contributed by atoms with Gasteiger partial charge >= 0.3 is 0 Å². The molecule has 0 radical (unpaired) electrons. The number of aryl methyl sites for hydroxylation is 1. The molecule has 0 atom stereocenters. The van der Waals surface area contributed by atoms with E-state index in [-0.39, 0.29) is 0 Å². The Hall–Kier alpha value is -4.23. The monoisotopic (exact) mass is 527 g/mol. The van der Waals surface area contributed by atoms with Gasteiger partial charge in [-0.1, -0.05) is 18.9 Å². The first kappa shape index (κ1) is 24.8. The Bertz CT molecular complexity index is 1670. The van der Waals surface area contributed by atoms with E-state index in [0.717, 1.165) is 88.9 Å². The van der Waals surface area contributed by atoms with Gasteiger partial charge in [-0.05, 0) is 96.8 Å². The fraction of sp³-hybridized carbons (Fsp3) is 0.303. The van der Waals surface area contributed by atoms with Gasteiger partial charge in [0.2, 0.25) is 0 Å². The number of aromatic nitrogens is 5. The molecular formula is C33H33N7. The third-order valence-corrected chi connectivity index (χ3v) is 8.18. The van der Waals surface area contributed by atoms with Crippen molar-refractivity contribution >= 4 is 16.7 Å². The van der Waals surface area contributed by atoms with Crippen LogP contribution in [0.3, 0.4) is 0 Å². The van der Waals surface area contributed by atoms with Crippen LogP contribution in [0.5, 0.6) is 0 Å². The third-order valence-electron chi connectivity index (χ3n) is 8.18. The number of hydrogen-bond donors (Lipinski definition) is 2. The van der Waals surface area contributed by atoms with E-state index in [1.807, 2.05) is 43.1 Å². The van der Waals surface area contributed by atoms with Gasteiger partial charge in [-0.2, -0.15) is 0 Å². The number of H-pyrrole nitrogens is 1. The van der Waals surface area contributed by atoms with Gasteiger partial charge in [-0.15, -0.1) is 0 Å². The minimum atomic E-state index is 0.769. The lowest BCUT2D eigenvalue weighted by Gasteiger charge is -2.12. The van der Waals surface area contributed by atoms with Crippen molar-refractivity contribution in [3.63, 3.8) is 0 Å². The maximum absolute atomic E-state index is 5.20. The highest BCUT2D eigenvalue weighted by Gasteiger charge is 2.21. The summed E-state index contributed by atoms with van der Waals surface area (Å²) in [6.45, 7) is 2.69. The Morgan fingerprint density at radius 1 is 0.875 bits per heavy atom. The normalized spacial score (nSPS) is 15.7. The zero-order chi connectivity index (χ0) is 26.7. The van der Waals surface area contributed by atoms with Gasteiger partial charge < -0.3 is 10.3 Å². The highest BCUT2D eigenvalue weighted by Crippen LogP contribution is 2.30. The predicted octanol–water partition coefficient (Wildman–Crippen LogP) is 6.15. The van der Waals surface area contributed by atoms with Crippen molar-refractivity contribution in [3.05, 3.63) is 96.0 Å². The summed E-state index contributed by atoms with van der Waals surface area (Å²) in [4.78, 5) is 27.1. The average Bonchev–Trinajstić information content (AvgIpc) is 3.63. The standard InChI is InChI=1S/C33H33N7/c1-2-5-22(4-1)18-35-19-23-16-26(21-36-20-23)29-8-7-25-6-3-12-37-32(31(25)39-29)30-17-28-27(11-15-38-33(28)40-30)24-9-13-34-14-10-24/h7-11,13-17,20-22,35H,1-6,12,18-19H2,(H,38,40). The first-order valence-electron chi connectivity index (χ1n) is 14.4. The minimum Gasteiger partial charge on any atom is -0.338 e. The number of aliphatic imine (C=N–C) groups is 1. The molecule has 5 aromatic heterocycles. The fourth-order valence-electron chi connectivity index (χ4n) is 6.10. The molecule has 6 heterocycles. The van der Waals surface area contributed by atoms with E-state index in [1.54, 1.807) is 0 Å². The van der Waals surface area contributed by atoms with Crippen LogP contribution in [0, 0.1) is 5.92 Å². The lowest BCUT2D eigenvalue weighted by atomic mass is 10.0. The van der Waals surface area contributed by atoms with Crippen molar-refractivity contribution in [2.24, 2.45) is 10.9 Å². The largest absolute Gasteiger partial charge is 0.338 e. The molecule has 0 unspecified atom stereocenters. The number of rotatable bonds is 7. The molecule has 1 aliphatic carbocycles. The first-order chi connectivity index (χ1) is 19.8. The molecule has 2 N–H and O–H groups in total. The van der Waals surface area contributed by atoms with E-state index in [4.69, 9.17) is 9.98 Å². The molecule has 5 aromatic rings. The van der Waals surface area contributed by atoms with Gasteiger partial charge in [0.05, 0.1) is 17.1 Å². The lowest BCUT2D eigenvalue weighted by Crippen LogP contribution is -2.20. The topological polar surface area (TPSA) is 91.7 Å². The summed E-state index contributed by atoms with van der Waals surface area (Å²) in [6, 6.07) is 14.8. The van der Waals surface area contributed by atoms with E-state index in [0.29, 0.717) is 0 Å². The van der Waals surface area contributed by atoms with Crippen molar-refractivity contribution in [1.29, 1.82) is 0 Å². The van der Waals surface area contributed by atoms with Crippen LogP contribution < -0.4 is 5.32 Å². The van der Waals surface area contributed by atoms with Crippen LogP contribution in [0.25, 0.3) is 33.4 Å². The molecule has 1 aliphatic heterocycles. The number of hydrogen-bond acceptors (Lipinski definition) is 6. The zero-order valence-electron chi connectivity index (χ0n) is 22.6. The van der Waals surface area contributed by atoms with Crippen molar-refractivity contribution < 1.29 is 0 Å². The molecule has 1 fully saturated rings. The Kier molecular flexibility index (Phi) is 6.88. The van der Waals surface area contributed by atoms with Crippen LogP contribution in [0.1, 0.15) is 54.6 Å². The van der Waals surface area contributed by atoms with Crippen LogP contribution in [0.4, 0.5) is 0 Å². The second-order valence-electron chi connectivity index (χ2n) is 10.9. The molecule has 40 heavy (non-hydrogen) atoms. The maximum Gasteiger partial charge on any atom is 0.138 e. The van der Waals surface area contributed by atoms with E-state index < -0.39 is 0 Å². The van der Waals surface area contributed by atoms with Crippen LogP contribution in [0.2, 0.25) is 0 Å². The Labute approximate surface area is 234 Å². The van der Waals surface area contributed by atoms with E-state index in [2.05, 4.69) is 55.6 Å². The molecule has 0 spiro atoms. The quantitative estimate of drug-likeness (QED) is 0.265. The van der Waals surface area contributed by atoms with Crippen LogP contribution in [-0.4, -0.2) is 43.7 Å². The Balaban J connectivity index is 1.21. The molecule has 2 aliphatic rings. The molecule has 0 aromatic carbocycles. The zero-order valence-corrected chi connectivity index (χ0v) is 22.6. The van der Waals surface area contributed by atoms with Crippen molar-refractivity contribution in [1.82, 2.24) is 30.2 Å². The highest BCUT2D eigenvalue weighted by molar-refractivity contribution is 6.14. The molecular weight excluding hydrogens is 494 g/mol.